The van der Waals surface area contributed by atoms with E-state index >= 15 is 0 Å². The van der Waals surface area contributed by atoms with Gasteiger partial charge in [0, 0.05) is 12.6 Å². The van der Waals surface area contributed by atoms with E-state index < -0.39 is 6.17 Å². The van der Waals surface area contributed by atoms with Crippen molar-refractivity contribution in [3.05, 3.63) is 71.3 Å². The summed E-state index contributed by atoms with van der Waals surface area (Å²) in [7, 11) is 0. The van der Waals surface area contributed by atoms with E-state index in [0.717, 1.165) is 45.2 Å². The number of hydrogen-bond donors (Lipinski definition) is 0. The first-order chi connectivity index (χ1) is 13.7. The molecule has 0 radical (unpaired) electrons. The number of hydrogen-bond acceptors (Lipinski definition) is 1. The van der Waals surface area contributed by atoms with Gasteiger partial charge in [0.05, 0.1) is 0 Å². The van der Waals surface area contributed by atoms with Crippen molar-refractivity contribution in [3.63, 3.8) is 0 Å². The van der Waals surface area contributed by atoms with Gasteiger partial charge in [-0.3, -0.25) is 4.90 Å². The van der Waals surface area contributed by atoms with Crippen LogP contribution in [-0.4, -0.2) is 23.7 Å². The number of nitrogens with zero attached hydrogens (tertiary/aromatic N) is 1. The molecule has 2 aromatic rings. The lowest BCUT2D eigenvalue weighted by atomic mass is 9.83. The van der Waals surface area contributed by atoms with Crippen molar-refractivity contribution in [1.29, 1.82) is 0 Å². The van der Waals surface area contributed by atoms with Gasteiger partial charge in [0.15, 0.2) is 0 Å². The number of benzene rings is 2. The molecule has 28 heavy (non-hydrogen) atoms. The van der Waals surface area contributed by atoms with Gasteiger partial charge in [-0.2, -0.15) is 0 Å². The fourth-order valence-electron chi connectivity index (χ4n) is 4.46. The molecule has 1 nitrogen and oxygen atoms in total. The van der Waals surface area contributed by atoms with Crippen LogP contribution >= 0.6 is 0 Å². The molecular weight excluding hydrogens is 345 g/mol. The van der Waals surface area contributed by atoms with E-state index in [-0.39, 0.29) is 0 Å². The lowest BCUT2D eigenvalue weighted by Crippen LogP contribution is -2.33. The minimum Gasteiger partial charge on any atom is -0.296 e. The molecule has 1 unspecified atom stereocenters. The third-order valence-electron chi connectivity index (χ3n) is 6.32. The van der Waals surface area contributed by atoms with Gasteiger partial charge in [-0.05, 0) is 81.0 Å². The highest BCUT2D eigenvalue weighted by molar-refractivity contribution is 5.26. The fourth-order valence-corrected chi connectivity index (χ4v) is 4.46. The summed E-state index contributed by atoms with van der Waals surface area (Å²) in [5, 5.41) is 0. The number of halogens is 1. The zero-order valence-corrected chi connectivity index (χ0v) is 17.6. The first kappa shape index (κ1) is 21.0. The maximum atomic E-state index is 13.4. The molecule has 2 heteroatoms. The van der Waals surface area contributed by atoms with Crippen LogP contribution in [0, 0.1) is 0 Å². The van der Waals surface area contributed by atoms with Crippen molar-refractivity contribution < 1.29 is 4.39 Å². The maximum absolute atomic E-state index is 13.4. The highest BCUT2D eigenvalue weighted by Crippen LogP contribution is 2.34. The smallest absolute Gasteiger partial charge is 0.100 e. The number of rotatable bonds is 9. The Morgan fingerprint density at radius 2 is 1.61 bits per heavy atom. The molecule has 0 amide bonds. The summed E-state index contributed by atoms with van der Waals surface area (Å²) in [6.45, 7) is 6.81. The van der Waals surface area contributed by atoms with Gasteiger partial charge in [-0.15, -0.1) is 0 Å². The largest absolute Gasteiger partial charge is 0.296 e. The van der Waals surface area contributed by atoms with Gasteiger partial charge < -0.3 is 0 Å². The quantitative estimate of drug-likeness (QED) is 0.456. The van der Waals surface area contributed by atoms with Crippen LogP contribution in [0.25, 0.3) is 0 Å². The summed E-state index contributed by atoms with van der Waals surface area (Å²) < 4.78 is 13.4. The zero-order chi connectivity index (χ0) is 19.8. The van der Waals surface area contributed by atoms with Crippen molar-refractivity contribution in [2.75, 3.05) is 6.54 Å². The van der Waals surface area contributed by atoms with E-state index in [2.05, 4.69) is 73.3 Å². The average molecular weight is 382 g/mol. The van der Waals surface area contributed by atoms with Crippen molar-refractivity contribution in [1.82, 2.24) is 4.90 Å². The first-order valence-electron chi connectivity index (χ1n) is 11.2. The van der Waals surface area contributed by atoms with Gasteiger partial charge >= 0.3 is 0 Å². The van der Waals surface area contributed by atoms with Crippen LogP contribution < -0.4 is 0 Å². The standard InChI is InChI=1S/C26H36FN/c1-3-19-28(20-23-7-5-4-6-8-23)21(2)9-10-22-11-13-24(14-12-22)25-15-17-26(27)18-16-25/h4-8,11-14,21,25-26H,3,9-10,15-20H2,1-2H3. The average Bonchev–Trinajstić information content (AvgIpc) is 2.73. The van der Waals surface area contributed by atoms with Crippen LogP contribution in [0.3, 0.4) is 0 Å². The third-order valence-corrected chi connectivity index (χ3v) is 6.32. The molecule has 0 bridgehead atoms. The van der Waals surface area contributed by atoms with Crippen molar-refractivity contribution in [3.8, 4) is 0 Å². The molecule has 2 aromatic carbocycles. The second-order valence-corrected chi connectivity index (χ2v) is 8.53. The van der Waals surface area contributed by atoms with E-state index in [1.54, 1.807) is 0 Å². The van der Waals surface area contributed by atoms with Crippen LogP contribution in [0.5, 0.6) is 0 Å². The second-order valence-electron chi connectivity index (χ2n) is 8.53. The zero-order valence-electron chi connectivity index (χ0n) is 17.6. The summed E-state index contributed by atoms with van der Waals surface area (Å²) >= 11 is 0. The van der Waals surface area contributed by atoms with Gasteiger partial charge in [-0.1, -0.05) is 61.5 Å². The molecule has 3 rings (SSSR count). The van der Waals surface area contributed by atoms with E-state index in [1.165, 1.54) is 29.5 Å². The number of aryl methyl sites for hydroxylation is 1. The molecule has 0 aliphatic heterocycles. The Morgan fingerprint density at radius 1 is 0.929 bits per heavy atom. The van der Waals surface area contributed by atoms with Crippen molar-refractivity contribution in [2.24, 2.45) is 0 Å². The molecule has 1 fully saturated rings. The Labute approximate surface area is 171 Å². The normalized spacial score (nSPS) is 21.0. The van der Waals surface area contributed by atoms with Crippen LogP contribution in [-0.2, 0) is 13.0 Å². The highest BCUT2D eigenvalue weighted by Gasteiger charge is 2.21. The van der Waals surface area contributed by atoms with E-state index in [0.29, 0.717) is 12.0 Å². The summed E-state index contributed by atoms with van der Waals surface area (Å²) in [5.41, 5.74) is 4.22. The Bertz CT molecular complexity index is 673. The summed E-state index contributed by atoms with van der Waals surface area (Å²) in [4.78, 5) is 2.61. The molecule has 1 aliphatic rings. The molecular formula is C26H36FN. The minimum atomic E-state index is -0.570. The van der Waals surface area contributed by atoms with Crippen molar-refractivity contribution in [2.45, 2.75) is 83.5 Å². The van der Waals surface area contributed by atoms with E-state index in [9.17, 15) is 4.39 Å². The van der Waals surface area contributed by atoms with Gasteiger partial charge in [0.25, 0.3) is 0 Å². The van der Waals surface area contributed by atoms with Crippen LogP contribution in [0.15, 0.2) is 54.6 Å². The van der Waals surface area contributed by atoms with Gasteiger partial charge in [0.2, 0.25) is 0 Å². The highest BCUT2D eigenvalue weighted by atomic mass is 19.1. The second kappa shape index (κ2) is 10.8. The topological polar surface area (TPSA) is 3.24 Å². The van der Waals surface area contributed by atoms with Crippen LogP contribution in [0.1, 0.15) is 75.0 Å². The molecule has 0 spiro atoms. The summed E-state index contributed by atoms with van der Waals surface area (Å²) in [5.74, 6) is 0.561. The maximum Gasteiger partial charge on any atom is 0.100 e. The molecule has 0 aromatic heterocycles. The van der Waals surface area contributed by atoms with Crippen molar-refractivity contribution >= 4 is 0 Å². The van der Waals surface area contributed by atoms with Gasteiger partial charge in [0.1, 0.15) is 6.17 Å². The third kappa shape index (κ3) is 6.17. The summed E-state index contributed by atoms with van der Waals surface area (Å²) in [6.07, 6.45) is 6.39. The van der Waals surface area contributed by atoms with Crippen LogP contribution in [0.4, 0.5) is 4.39 Å². The first-order valence-corrected chi connectivity index (χ1v) is 11.2. The fraction of sp³-hybridized carbons (Fsp3) is 0.538. The molecule has 0 N–H and O–H groups in total. The van der Waals surface area contributed by atoms with E-state index in [1.807, 2.05) is 0 Å². The van der Waals surface area contributed by atoms with Gasteiger partial charge in [-0.25, -0.2) is 4.39 Å². The Morgan fingerprint density at radius 3 is 2.25 bits per heavy atom. The predicted octanol–water partition coefficient (Wildman–Crippen LogP) is 6.92. The van der Waals surface area contributed by atoms with Crippen LogP contribution in [0.2, 0.25) is 0 Å². The molecule has 152 valence electrons. The SMILES string of the molecule is CCCN(Cc1ccccc1)C(C)CCc1ccc(C2CCC(F)CC2)cc1. The Balaban J connectivity index is 1.51. The summed E-state index contributed by atoms with van der Waals surface area (Å²) in [6, 6.07) is 20.5. The lowest BCUT2D eigenvalue weighted by molar-refractivity contribution is 0.191. The molecule has 1 atom stereocenters. The minimum absolute atomic E-state index is 0.561. The Kier molecular flexibility index (Phi) is 8.09. The lowest BCUT2D eigenvalue weighted by Gasteiger charge is -2.29. The molecule has 0 heterocycles. The molecule has 0 saturated heterocycles. The van der Waals surface area contributed by atoms with E-state index in [4.69, 9.17) is 0 Å². The molecule has 1 aliphatic carbocycles. The monoisotopic (exact) mass is 381 g/mol. The Hall–Kier alpha value is -1.67. The predicted molar refractivity (Wildman–Crippen MR) is 117 cm³/mol. The number of alkyl halides is 1. The molecule has 1 saturated carbocycles.